The van der Waals surface area contributed by atoms with Crippen LogP contribution in [0.15, 0.2) is 59.4 Å². The molecule has 1 aromatic carbocycles. The lowest BCUT2D eigenvalue weighted by atomic mass is 10.1. The van der Waals surface area contributed by atoms with Crippen LogP contribution >= 0.6 is 22.9 Å². The number of nitrogens with zero attached hydrogens (tertiary/aromatic N) is 1. The Balaban J connectivity index is 1.61. The van der Waals surface area contributed by atoms with Crippen LogP contribution in [0.1, 0.15) is 16.2 Å². The van der Waals surface area contributed by atoms with E-state index in [-0.39, 0.29) is 5.91 Å². The zero-order valence-corrected chi connectivity index (χ0v) is 13.6. The highest BCUT2D eigenvalue weighted by molar-refractivity contribution is 7.15. The quantitative estimate of drug-likeness (QED) is 0.686. The summed E-state index contributed by atoms with van der Waals surface area (Å²) in [6, 6.07) is 11.2. The third-order valence-corrected chi connectivity index (χ3v) is 4.33. The van der Waals surface area contributed by atoms with E-state index in [0.29, 0.717) is 17.3 Å². The summed E-state index contributed by atoms with van der Waals surface area (Å²) in [6.07, 6.45) is 7.01. The largest absolute Gasteiger partial charge is 0.465 e. The number of carbonyl (C=O) groups is 1. The molecule has 0 bridgehead atoms. The second-order valence-electron chi connectivity index (χ2n) is 4.74. The van der Waals surface area contributed by atoms with E-state index in [1.807, 2.05) is 24.3 Å². The normalized spacial score (nSPS) is 11.0. The van der Waals surface area contributed by atoms with Crippen molar-refractivity contribution in [2.75, 3.05) is 5.32 Å². The van der Waals surface area contributed by atoms with Gasteiger partial charge in [0.25, 0.3) is 0 Å². The topological polar surface area (TPSA) is 55.1 Å². The van der Waals surface area contributed by atoms with Crippen LogP contribution in [0, 0.1) is 0 Å². The van der Waals surface area contributed by atoms with E-state index in [0.717, 1.165) is 15.5 Å². The van der Waals surface area contributed by atoms with Gasteiger partial charge < -0.3 is 4.42 Å². The fourth-order valence-corrected chi connectivity index (χ4v) is 3.01. The standard InChI is InChI=1S/C17H13ClN2O2S/c18-15-6-2-1-4-12(15)10-14-11-19-17(23-14)20-16(21)8-7-13-5-3-9-22-13/h1-9,11H,10H2,(H,19,20,21)/b8-7+. The van der Waals surface area contributed by atoms with Gasteiger partial charge in [-0.25, -0.2) is 4.98 Å². The van der Waals surface area contributed by atoms with Gasteiger partial charge >= 0.3 is 0 Å². The number of hydrogen-bond donors (Lipinski definition) is 1. The first-order chi connectivity index (χ1) is 11.2. The summed E-state index contributed by atoms with van der Waals surface area (Å²) < 4.78 is 5.12. The Kier molecular flexibility index (Phi) is 4.90. The molecule has 0 fully saturated rings. The Labute approximate surface area is 142 Å². The van der Waals surface area contributed by atoms with E-state index in [4.69, 9.17) is 16.0 Å². The predicted octanol–water partition coefficient (Wildman–Crippen LogP) is 4.63. The monoisotopic (exact) mass is 344 g/mol. The number of carbonyl (C=O) groups excluding carboxylic acids is 1. The smallest absolute Gasteiger partial charge is 0.250 e. The third-order valence-electron chi connectivity index (χ3n) is 3.05. The van der Waals surface area contributed by atoms with Crippen molar-refractivity contribution in [3.05, 3.63) is 76.2 Å². The molecule has 2 aromatic heterocycles. The van der Waals surface area contributed by atoms with E-state index in [1.165, 1.54) is 17.4 Å². The summed E-state index contributed by atoms with van der Waals surface area (Å²) in [7, 11) is 0. The van der Waals surface area contributed by atoms with E-state index in [1.54, 1.807) is 30.7 Å². The van der Waals surface area contributed by atoms with Crippen molar-refractivity contribution in [3.63, 3.8) is 0 Å². The van der Waals surface area contributed by atoms with Gasteiger partial charge in [0.2, 0.25) is 5.91 Å². The first-order valence-corrected chi connectivity index (χ1v) is 8.11. The van der Waals surface area contributed by atoms with Gasteiger partial charge in [-0.05, 0) is 29.8 Å². The third kappa shape index (κ3) is 4.31. The summed E-state index contributed by atoms with van der Waals surface area (Å²) in [5, 5.41) is 4.02. The number of rotatable bonds is 5. The van der Waals surface area contributed by atoms with E-state index < -0.39 is 0 Å². The molecule has 0 spiro atoms. The summed E-state index contributed by atoms with van der Waals surface area (Å²) in [4.78, 5) is 17.1. The van der Waals surface area contributed by atoms with Gasteiger partial charge in [-0.15, -0.1) is 11.3 Å². The average molecular weight is 345 g/mol. The van der Waals surface area contributed by atoms with Crippen molar-refractivity contribution in [1.29, 1.82) is 0 Å². The van der Waals surface area contributed by atoms with E-state index in [9.17, 15) is 4.79 Å². The van der Waals surface area contributed by atoms with Crippen LogP contribution in [-0.4, -0.2) is 10.9 Å². The minimum Gasteiger partial charge on any atom is -0.465 e. The number of benzene rings is 1. The van der Waals surface area contributed by atoms with Crippen LogP contribution in [0.25, 0.3) is 6.08 Å². The van der Waals surface area contributed by atoms with Crippen molar-refractivity contribution in [1.82, 2.24) is 4.98 Å². The van der Waals surface area contributed by atoms with Crippen LogP contribution in [0.3, 0.4) is 0 Å². The van der Waals surface area contributed by atoms with Gasteiger partial charge in [-0.3, -0.25) is 10.1 Å². The molecule has 6 heteroatoms. The molecule has 1 N–H and O–H groups in total. The van der Waals surface area contributed by atoms with Crippen LogP contribution in [-0.2, 0) is 11.2 Å². The maximum absolute atomic E-state index is 11.8. The average Bonchev–Trinajstić information content (AvgIpc) is 3.19. The number of thiazole rings is 1. The molecule has 0 aliphatic rings. The van der Waals surface area contributed by atoms with Crippen LogP contribution in [0.4, 0.5) is 5.13 Å². The Hall–Kier alpha value is -2.37. The Morgan fingerprint density at radius 3 is 2.96 bits per heavy atom. The van der Waals surface area contributed by atoms with Crippen molar-refractivity contribution >= 4 is 40.1 Å². The maximum Gasteiger partial charge on any atom is 0.250 e. The second-order valence-corrected chi connectivity index (χ2v) is 6.26. The highest BCUT2D eigenvalue weighted by Crippen LogP contribution is 2.24. The van der Waals surface area contributed by atoms with Gasteiger partial charge in [0.1, 0.15) is 5.76 Å². The zero-order chi connectivity index (χ0) is 16.1. The molecule has 3 rings (SSSR count). The summed E-state index contributed by atoms with van der Waals surface area (Å²) in [5.74, 6) is 0.374. The predicted molar refractivity (Wildman–Crippen MR) is 92.7 cm³/mol. The first kappa shape index (κ1) is 15.5. The fourth-order valence-electron chi connectivity index (χ4n) is 1.97. The molecule has 0 aliphatic carbocycles. The minimum absolute atomic E-state index is 0.250. The first-order valence-electron chi connectivity index (χ1n) is 6.91. The Morgan fingerprint density at radius 2 is 2.17 bits per heavy atom. The molecular weight excluding hydrogens is 332 g/mol. The SMILES string of the molecule is O=C(/C=C/c1ccco1)Nc1ncc(Cc2ccccc2Cl)s1. The number of hydrogen-bond acceptors (Lipinski definition) is 4. The molecule has 0 radical (unpaired) electrons. The lowest BCUT2D eigenvalue weighted by molar-refractivity contribution is -0.111. The van der Waals surface area contributed by atoms with Gasteiger partial charge in [0, 0.05) is 28.6 Å². The fraction of sp³-hybridized carbons (Fsp3) is 0.0588. The molecule has 3 aromatic rings. The molecule has 0 unspecified atom stereocenters. The molecule has 2 heterocycles. The molecule has 0 saturated carbocycles. The highest BCUT2D eigenvalue weighted by atomic mass is 35.5. The second kappa shape index (κ2) is 7.26. The van der Waals surface area contributed by atoms with Crippen LogP contribution in [0.5, 0.6) is 0 Å². The lowest BCUT2D eigenvalue weighted by Gasteiger charge is -2.00. The molecule has 0 aliphatic heterocycles. The number of furan rings is 1. The zero-order valence-electron chi connectivity index (χ0n) is 12.0. The summed E-state index contributed by atoms with van der Waals surface area (Å²) >= 11 is 7.58. The Morgan fingerprint density at radius 1 is 1.30 bits per heavy atom. The number of nitrogens with one attached hydrogen (secondary N) is 1. The van der Waals surface area contributed by atoms with Crippen LogP contribution < -0.4 is 5.32 Å². The van der Waals surface area contributed by atoms with Crippen molar-refractivity contribution in [3.8, 4) is 0 Å². The van der Waals surface area contributed by atoms with Crippen molar-refractivity contribution in [2.45, 2.75) is 6.42 Å². The molecule has 23 heavy (non-hydrogen) atoms. The van der Waals surface area contributed by atoms with Gasteiger partial charge in [-0.2, -0.15) is 0 Å². The number of amides is 1. The highest BCUT2D eigenvalue weighted by Gasteiger charge is 2.07. The number of aromatic nitrogens is 1. The minimum atomic E-state index is -0.250. The summed E-state index contributed by atoms with van der Waals surface area (Å²) in [5.41, 5.74) is 1.04. The molecule has 1 amide bonds. The van der Waals surface area contributed by atoms with Crippen LogP contribution in [0.2, 0.25) is 5.02 Å². The lowest BCUT2D eigenvalue weighted by Crippen LogP contribution is -2.06. The van der Waals surface area contributed by atoms with E-state index in [2.05, 4.69) is 10.3 Å². The van der Waals surface area contributed by atoms with Crippen molar-refractivity contribution < 1.29 is 9.21 Å². The Bertz CT molecular complexity index is 825. The van der Waals surface area contributed by atoms with E-state index >= 15 is 0 Å². The number of halogens is 1. The van der Waals surface area contributed by atoms with Gasteiger partial charge in [0.15, 0.2) is 5.13 Å². The van der Waals surface area contributed by atoms with Gasteiger partial charge in [0.05, 0.1) is 6.26 Å². The molecule has 116 valence electrons. The molecule has 0 atom stereocenters. The maximum atomic E-state index is 11.8. The molecule has 0 saturated heterocycles. The summed E-state index contributed by atoms with van der Waals surface area (Å²) in [6.45, 7) is 0. The van der Waals surface area contributed by atoms with Crippen molar-refractivity contribution in [2.24, 2.45) is 0 Å². The molecule has 4 nitrogen and oxygen atoms in total. The molecular formula is C17H13ClN2O2S. The number of anilines is 1. The van der Waals surface area contributed by atoms with Gasteiger partial charge in [-0.1, -0.05) is 29.8 Å².